The molecule has 0 saturated carbocycles. The number of allylic oxidation sites excluding steroid dienone is 1. The summed E-state index contributed by atoms with van der Waals surface area (Å²) in [6.07, 6.45) is 1.69. The van der Waals surface area contributed by atoms with Crippen LogP contribution in [-0.4, -0.2) is 0 Å². The highest BCUT2D eigenvalue weighted by atomic mass is 16.5. The van der Waals surface area contributed by atoms with E-state index in [9.17, 15) is 5.21 Å². The van der Waals surface area contributed by atoms with Gasteiger partial charge in [0.25, 0.3) is 0 Å². The minimum atomic E-state index is 0.767. The van der Waals surface area contributed by atoms with Gasteiger partial charge in [0.15, 0.2) is 5.69 Å². The zero-order valence-corrected chi connectivity index (χ0v) is 10.1. The van der Waals surface area contributed by atoms with Crippen LogP contribution in [0.5, 0.6) is 0 Å². The molecule has 1 aromatic rings. The summed E-state index contributed by atoms with van der Waals surface area (Å²) in [4.78, 5) is 0. The maximum atomic E-state index is 12.0. The van der Waals surface area contributed by atoms with Crippen LogP contribution in [0.3, 0.4) is 0 Å². The molecule has 0 aliphatic carbocycles. The first kappa shape index (κ1) is 11.8. The lowest BCUT2D eigenvalue weighted by molar-refractivity contribution is -0.615. The van der Waals surface area contributed by atoms with E-state index in [4.69, 9.17) is 0 Å². The number of pyridine rings is 1. The largest absolute Gasteiger partial charge is 0.618 e. The Labute approximate surface area is 91.8 Å². The quantitative estimate of drug-likeness (QED) is 0.550. The second-order valence-corrected chi connectivity index (χ2v) is 3.89. The first-order chi connectivity index (χ1) is 7.02. The van der Waals surface area contributed by atoms with E-state index in [1.165, 1.54) is 0 Å². The Morgan fingerprint density at radius 1 is 1.40 bits per heavy atom. The van der Waals surface area contributed by atoms with Gasteiger partial charge in [0.05, 0.1) is 0 Å². The van der Waals surface area contributed by atoms with Gasteiger partial charge in [-0.25, -0.2) is 0 Å². The molecule has 0 aliphatic heterocycles. The maximum Gasteiger partial charge on any atom is 0.222 e. The molecule has 1 rings (SSSR count). The van der Waals surface area contributed by atoms with Crippen LogP contribution in [0.15, 0.2) is 12.6 Å². The molecule has 0 spiro atoms. The second kappa shape index (κ2) is 4.47. The number of hydrogen-bond donors (Lipinski definition) is 0. The molecule has 1 heterocycles. The van der Waals surface area contributed by atoms with Crippen LogP contribution in [0.2, 0.25) is 0 Å². The van der Waals surface area contributed by atoms with E-state index in [-0.39, 0.29) is 0 Å². The lowest BCUT2D eigenvalue weighted by Gasteiger charge is -2.13. The lowest BCUT2D eigenvalue weighted by Crippen LogP contribution is -2.37. The Bertz CT molecular complexity index is 394. The van der Waals surface area contributed by atoms with Gasteiger partial charge in [-0.3, -0.25) is 0 Å². The van der Waals surface area contributed by atoms with Crippen LogP contribution in [0.25, 0.3) is 5.57 Å². The second-order valence-electron chi connectivity index (χ2n) is 3.89. The molecule has 2 heteroatoms. The van der Waals surface area contributed by atoms with Gasteiger partial charge in [0.2, 0.25) is 5.69 Å². The van der Waals surface area contributed by atoms with Crippen LogP contribution in [0.1, 0.15) is 42.8 Å². The molecule has 0 fully saturated rings. The molecule has 0 atom stereocenters. The standard InChI is InChI=1S/C13H19NO/c1-6-9(3)13-12(7-2)8-10(4)11(5)14(13)15/h8H,3,6-7H2,1-2,4-5H3. The van der Waals surface area contributed by atoms with Crippen LogP contribution in [-0.2, 0) is 6.42 Å². The van der Waals surface area contributed by atoms with Gasteiger partial charge in [-0.15, -0.1) is 0 Å². The molecule has 0 aromatic carbocycles. The van der Waals surface area contributed by atoms with Crippen molar-refractivity contribution in [2.75, 3.05) is 0 Å². The zero-order chi connectivity index (χ0) is 11.6. The molecule has 1 aromatic heterocycles. The van der Waals surface area contributed by atoms with Crippen molar-refractivity contribution in [3.63, 3.8) is 0 Å². The van der Waals surface area contributed by atoms with E-state index in [1.807, 2.05) is 20.8 Å². The summed E-state index contributed by atoms with van der Waals surface area (Å²) in [5, 5.41) is 12.0. The minimum absolute atomic E-state index is 0.767. The molecule has 0 amide bonds. The first-order valence-corrected chi connectivity index (χ1v) is 5.43. The van der Waals surface area contributed by atoms with Gasteiger partial charge in [-0.05, 0) is 25.8 Å². The third kappa shape index (κ3) is 2.04. The fourth-order valence-electron chi connectivity index (χ4n) is 1.70. The van der Waals surface area contributed by atoms with E-state index in [0.717, 1.165) is 45.7 Å². The first-order valence-electron chi connectivity index (χ1n) is 5.43. The summed E-state index contributed by atoms with van der Waals surface area (Å²) in [6.45, 7) is 11.9. The van der Waals surface area contributed by atoms with E-state index in [0.29, 0.717) is 0 Å². The molecular weight excluding hydrogens is 186 g/mol. The Kier molecular flexibility index (Phi) is 3.51. The summed E-state index contributed by atoms with van der Waals surface area (Å²) >= 11 is 0. The fourth-order valence-corrected chi connectivity index (χ4v) is 1.70. The number of rotatable bonds is 3. The molecule has 82 valence electrons. The summed E-state index contributed by atoms with van der Waals surface area (Å²) in [7, 11) is 0. The van der Waals surface area contributed by atoms with Gasteiger partial charge in [-0.1, -0.05) is 20.4 Å². The highest BCUT2D eigenvalue weighted by molar-refractivity contribution is 5.61. The zero-order valence-electron chi connectivity index (χ0n) is 10.1. The molecule has 0 bridgehead atoms. The monoisotopic (exact) mass is 205 g/mol. The van der Waals surface area contributed by atoms with Crippen molar-refractivity contribution < 1.29 is 4.73 Å². The van der Waals surface area contributed by atoms with Crippen LogP contribution < -0.4 is 4.73 Å². The molecule has 2 nitrogen and oxygen atoms in total. The smallest absolute Gasteiger partial charge is 0.222 e. The van der Waals surface area contributed by atoms with E-state index < -0.39 is 0 Å². The van der Waals surface area contributed by atoms with Crippen molar-refractivity contribution in [1.29, 1.82) is 0 Å². The van der Waals surface area contributed by atoms with Crippen molar-refractivity contribution in [1.82, 2.24) is 0 Å². The molecule has 0 unspecified atom stereocenters. The van der Waals surface area contributed by atoms with Crippen LogP contribution >= 0.6 is 0 Å². The SMILES string of the molecule is C=C(CC)c1c(CC)cc(C)c(C)[n+]1[O-]. The predicted octanol–water partition coefficient (Wildman–Crippen LogP) is 2.92. The number of nitrogens with zero attached hydrogens (tertiary/aromatic N) is 1. The average Bonchev–Trinajstić information content (AvgIpc) is 2.24. The Morgan fingerprint density at radius 3 is 2.47 bits per heavy atom. The van der Waals surface area contributed by atoms with Gasteiger partial charge in [0, 0.05) is 23.6 Å². The highest BCUT2D eigenvalue weighted by Crippen LogP contribution is 2.19. The fraction of sp³-hybridized carbons (Fsp3) is 0.462. The van der Waals surface area contributed by atoms with Crippen LogP contribution in [0, 0.1) is 19.1 Å². The third-order valence-corrected chi connectivity index (χ3v) is 2.92. The van der Waals surface area contributed by atoms with Gasteiger partial charge >= 0.3 is 0 Å². The van der Waals surface area contributed by atoms with E-state index in [2.05, 4.69) is 19.6 Å². The summed E-state index contributed by atoms with van der Waals surface area (Å²) in [5.41, 5.74) is 4.61. The number of aryl methyl sites for hydroxylation is 2. The minimum Gasteiger partial charge on any atom is -0.618 e. The molecular formula is C13H19NO. The molecule has 0 aliphatic rings. The predicted molar refractivity (Wildman–Crippen MR) is 63.6 cm³/mol. The Hall–Kier alpha value is -1.31. The average molecular weight is 205 g/mol. The summed E-state index contributed by atoms with van der Waals surface area (Å²) < 4.78 is 1.03. The van der Waals surface area contributed by atoms with Crippen molar-refractivity contribution >= 4 is 5.57 Å². The number of aromatic nitrogens is 1. The Balaban J connectivity index is 3.47. The molecule has 0 saturated heterocycles. The number of hydrogen-bond acceptors (Lipinski definition) is 1. The normalized spacial score (nSPS) is 10.4. The molecule has 0 radical (unpaired) electrons. The topological polar surface area (TPSA) is 26.9 Å². The maximum absolute atomic E-state index is 12.0. The van der Waals surface area contributed by atoms with Gasteiger partial charge < -0.3 is 5.21 Å². The molecule has 15 heavy (non-hydrogen) atoms. The van der Waals surface area contributed by atoms with Crippen molar-refractivity contribution in [3.05, 3.63) is 40.4 Å². The summed E-state index contributed by atoms with van der Waals surface area (Å²) in [5.74, 6) is 0. The van der Waals surface area contributed by atoms with Gasteiger partial charge in [-0.2, -0.15) is 4.73 Å². The van der Waals surface area contributed by atoms with E-state index in [1.54, 1.807) is 0 Å². The van der Waals surface area contributed by atoms with Crippen molar-refractivity contribution in [2.24, 2.45) is 0 Å². The van der Waals surface area contributed by atoms with Crippen molar-refractivity contribution in [2.45, 2.75) is 40.5 Å². The lowest BCUT2D eigenvalue weighted by atomic mass is 10.0. The van der Waals surface area contributed by atoms with Gasteiger partial charge in [0.1, 0.15) is 0 Å². The van der Waals surface area contributed by atoms with E-state index >= 15 is 0 Å². The van der Waals surface area contributed by atoms with Crippen LogP contribution in [0.4, 0.5) is 0 Å². The summed E-state index contributed by atoms with van der Waals surface area (Å²) in [6, 6.07) is 2.10. The highest BCUT2D eigenvalue weighted by Gasteiger charge is 2.18. The van der Waals surface area contributed by atoms with Crippen molar-refractivity contribution in [3.8, 4) is 0 Å². The third-order valence-electron chi connectivity index (χ3n) is 2.92. The Morgan fingerprint density at radius 2 is 2.00 bits per heavy atom. The molecule has 0 N–H and O–H groups in total.